The maximum atomic E-state index is 3.80. The van der Waals surface area contributed by atoms with Gasteiger partial charge in [-0.25, -0.2) is 0 Å². The van der Waals surface area contributed by atoms with E-state index in [4.69, 9.17) is 0 Å². The van der Waals surface area contributed by atoms with E-state index in [-0.39, 0.29) is 0 Å². The summed E-state index contributed by atoms with van der Waals surface area (Å²) in [5.74, 6) is 0. The lowest BCUT2D eigenvalue weighted by molar-refractivity contribution is 0.340. The van der Waals surface area contributed by atoms with Crippen molar-refractivity contribution in [1.82, 2.24) is 10.2 Å². The highest BCUT2D eigenvalue weighted by Gasteiger charge is 2.21. The van der Waals surface area contributed by atoms with Crippen LogP contribution in [0.3, 0.4) is 0 Å². The Morgan fingerprint density at radius 1 is 1.38 bits per heavy atom. The third-order valence-electron chi connectivity index (χ3n) is 2.39. The Balaban J connectivity index is 2.21. The second kappa shape index (κ2) is 3.62. The smallest absolute Gasteiger partial charge is 0.105 e. The second-order valence-corrected chi connectivity index (χ2v) is 3.19. The molecule has 1 saturated heterocycles. The number of benzene rings is 1. The van der Waals surface area contributed by atoms with Gasteiger partial charge in [-0.2, -0.15) is 0 Å². The first kappa shape index (κ1) is 8.32. The summed E-state index contributed by atoms with van der Waals surface area (Å²) in [4.78, 5) is 2.22. The summed E-state index contributed by atoms with van der Waals surface area (Å²) < 4.78 is 0. The lowest BCUT2D eigenvalue weighted by Gasteiger charge is -2.21. The summed E-state index contributed by atoms with van der Waals surface area (Å²) >= 11 is 0. The molecule has 0 aromatic heterocycles. The first-order chi connectivity index (χ1) is 6.42. The fourth-order valence-electron chi connectivity index (χ4n) is 1.72. The largest absolute Gasteiger partial charge is 0.357 e. The monoisotopic (exact) mass is 174 g/mol. The number of hydrogen-bond acceptors (Lipinski definition) is 2. The average Bonchev–Trinajstić information content (AvgIpc) is 2.67. The fraction of sp³-hybridized carbons (Fsp3) is 0.273. The van der Waals surface area contributed by atoms with Gasteiger partial charge in [0.1, 0.15) is 6.17 Å². The zero-order valence-electron chi connectivity index (χ0n) is 7.61. The lowest BCUT2D eigenvalue weighted by Crippen LogP contribution is -2.22. The molecule has 0 saturated carbocycles. The molecule has 1 atom stereocenters. The number of rotatable bonds is 2. The van der Waals surface area contributed by atoms with Gasteiger partial charge in [-0.05, 0) is 11.8 Å². The number of nitrogens with one attached hydrogen (secondary N) is 1. The summed E-state index contributed by atoms with van der Waals surface area (Å²) in [7, 11) is 0. The molecule has 1 unspecified atom stereocenters. The van der Waals surface area contributed by atoms with Crippen LogP contribution in [-0.4, -0.2) is 18.0 Å². The van der Waals surface area contributed by atoms with Gasteiger partial charge in [-0.15, -0.1) is 0 Å². The minimum absolute atomic E-state index is 0.318. The Morgan fingerprint density at radius 2 is 2.15 bits per heavy atom. The van der Waals surface area contributed by atoms with Gasteiger partial charge in [-0.3, -0.25) is 5.32 Å². The van der Waals surface area contributed by atoms with E-state index in [2.05, 4.69) is 41.1 Å². The van der Waals surface area contributed by atoms with E-state index < -0.39 is 0 Å². The van der Waals surface area contributed by atoms with Gasteiger partial charge < -0.3 is 4.90 Å². The van der Waals surface area contributed by atoms with E-state index in [1.165, 1.54) is 5.56 Å². The van der Waals surface area contributed by atoms with Crippen molar-refractivity contribution in [3.05, 3.63) is 48.7 Å². The Bertz CT molecular complexity index is 281. The molecule has 0 spiro atoms. The van der Waals surface area contributed by atoms with Gasteiger partial charge >= 0.3 is 0 Å². The second-order valence-electron chi connectivity index (χ2n) is 3.19. The summed E-state index contributed by atoms with van der Waals surface area (Å²) in [6, 6.07) is 10.4. The van der Waals surface area contributed by atoms with Crippen molar-refractivity contribution in [2.45, 2.75) is 6.17 Å². The van der Waals surface area contributed by atoms with Crippen molar-refractivity contribution in [3.63, 3.8) is 0 Å². The molecule has 1 aromatic rings. The lowest BCUT2D eigenvalue weighted by atomic mass is 10.2. The van der Waals surface area contributed by atoms with E-state index in [1.54, 1.807) is 0 Å². The van der Waals surface area contributed by atoms with Gasteiger partial charge in [0.15, 0.2) is 0 Å². The maximum absolute atomic E-state index is 3.80. The molecule has 1 aromatic carbocycles. The van der Waals surface area contributed by atoms with Gasteiger partial charge in [-0.1, -0.05) is 36.9 Å². The summed E-state index contributed by atoms with van der Waals surface area (Å²) in [5.41, 5.74) is 1.31. The Kier molecular flexibility index (Phi) is 2.32. The molecule has 2 nitrogen and oxygen atoms in total. The van der Waals surface area contributed by atoms with Crippen LogP contribution in [0, 0.1) is 0 Å². The number of hydrogen-bond donors (Lipinski definition) is 1. The first-order valence-electron chi connectivity index (χ1n) is 4.58. The standard InChI is InChI=1S/C11H14N2/c1-2-13-9-8-12-11(13)10-6-4-3-5-7-10/h2-7,11-12H,1,8-9H2. The highest BCUT2D eigenvalue weighted by atomic mass is 15.3. The quantitative estimate of drug-likeness (QED) is 0.734. The summed E-state index contributed by atoms with van der Waals surface area (Å²) in [6.07, 6.45) is 2.22. The van der Waals surface area contributed by atoms with E-state index in [0.29, 0.717) is 6.17 Å². The van der Waals surface area contributed by atoms with Crippen molar-refractivity contribution < 1.29 is 0 Å². The van der Waals surface area contributed by atoms with Crippen LogP contribution in [-0.2, 0) is 0 Å². The first-order valence-corrected chi connectivity index (χ1v) is 4.58. The molecule has 1 fully saturated rings. The maximum Gasteiger partial charge on any atom is 0.105 e. The molecule has 2 rings (SSSR count). The predicted molar refractivity (Wildman–Crippen MR) is 54.1 cm³/mol. The molecule has 0 bridgehead atoms. The molecule has 1 aliphatic rings. The Hall–Kier alpha value is -1.28. The van der Waals surface area contributed by atoms with Crippen molar-refractivity contribution in [2.75, 3.05) is 13.1 Å². The predicted octanol–water partition coefficient (Wildman–Crippen LogP) is 1.73. The van der Waals surface area contributed by atoms with Crippen LogP contribution in [0.2, 0.25) is 0 Å². The van der Waals surface area contributed by atoms with E-state index in [9.17, 15) is 0 Å². The highest BCUT2D eigenvalue weighted by molar-refractivity contribution is 5.19. The number of nitrogens with zero attached hydrogens (tertiary/aromatic N) is 1. The van der Waals surface area contributed by atoms with Crippen molar-refractivity contribution in [2.24, 2.45) is 0 Å². The molecule has 1 aliphatic heterocycles. The Morgan fingerprint density at radius 3 is 2.85 bits per heavy atom. The summed E-state index contributed by atoms with van der Waals surface area (Å²) in [5, 5.41) is 3.43. The van der Waals surface area contributed by atoms with Crippen LogP contribution in [0.25, 0.3) is 0 Å². The average molecular weight is 174 g/mol. The molecule has 0 amide bonds. The summed E-state index contributed by atoms with van der Waals surface area (Å²) in [6.45, 7) is 5.88. The zero-order chi connectivity index (χ0) is 9.10. The zero-order valence-corrected chi connectivity index (χ0v) is 7.61. The van der Waals surface area contributed by atoms with Crippen LogP contribution in [0.5, 0.6) is 0 Å². The fourth-order valence-corrected chi connectivity index (χ4v) is 1.72. The molecule has 68 valence electrons. The molecule has 0 aliphatic carbocycles. The molecule has 2 heteroatoms. The van der Waals surface area contributed by atoms with Crippen molar-refractivity contribution in [1.29, 1.82) is 0 Å². The Labute approximate surface area is 78.9 Å². The van der Waals surface area contributed by atoms with Gasteiger partial charge in [0.05, 0.1) is 0 Å². The molecule has 1 heterocycles. The van der Waals surface area contributed by atoms with E-state index >= 15 is 0 Å². The van der Waals surface area contributed by atoms with Crippen LogP contribution < -0.4 is 5.32 Å². The van der Waals surface area contributed by atoms with Gasteiger partial charge in [0.25, 0.3) is 0 Å². The van der Waals surface area contributed by atoms with Crippen molar-refractivity contribution >= 4 is 0 Å². The topological polar surface area (TPSA) is 15.3 Å². The SMILES string of the molecule is C=CN1CCNC1c1ccccc1. The van der Waals surface area contributed by atoms with Gasteiger partial charge in [0.2, 0.25) is 0 Å². The van der Waals surface area contributed by atoms with Crippen LogP contribution in [0.1, 0.15) is 11.7 Å². The van der Waals surface area contributed by atoms with Crippen LogP contribution in [0.4, 0.5) is 0 Å². The molecule has 13 heavy (non-hydrogen) atoms. The van der Waals surface area contributed by atoms with E-state index in [1.807, 2.05) is 12.3 Å². The highest BCUT2D eigenvalue weighted by Crippen LogP contribution is 2.20. The van der Waals surface area contributed by atoms with Crippen molar-refractivity contribution in [3.8, 4) is 0 Å². The van der Waals surface area contributed by atoms with E-state index in [0.717, 1.165) is 13.1 Å². The van der Waals surface area contributed by atoms with Gasteiger partial charge in [0, 0.05) is 13.1 Å². The van der Waals surface area contributed by atoms with Crippen LogP contribution in [0.15, 0.2) is 43.1 Å². The minimum atomic E-state index is 0.318. The minimum Gasteiger partial charge on any atom is -0.357 e. The van der Waals surface area contributed by atoms with Crippen LogP contribution >= 0.6 is 0 Å². The normalized spacial score (nSPS) is 21.8. The molecular weight excluding hydrogens is 160 g/mol. The third-order valence-corrected chi connectivity index (χ3v) is 2.39. The molecule has 1 N–H and O–H groups in total. The molecule has 0 radical (unpaired) electrons. The molecular formula is C11H14N2. The third kappa shape index (κ3) is 1.58.